The van der Waals surface area contributed by atoms with Crippen LogP contribution in [0.3, 0.4) is 0 Å². The first kappa shape index (κ1) is 10.2. The molecule has 0 saturated carbocycles. The van der Waals surface area contributed by atoms with Crippen LogP contribution in [0.15, 0.2) is 12.2 Å². The van der Waals surface area contributed by atoms with Gasteiger partial charge in [0, 0.05) is 19.6 Å². The fourth-order valence-electron chi connectivity index (χ4n) is 0.515. The van der Waals surface area contributed by atoms with E-state index in [0.717, 1.165) is 12.8 Å². The summed E-state index contributed by atoms with van der Waals surface area (Å²) in [5.74, 6) is 5.67. The second-order valence-corrected chi connectivity index (χ2v) is 2.06. The molecule has 0 aliphatic heterocycles. The van der Waals surface area contributed by atoms with E-state index in [-0.39, 0.29) is 13.2 Å². The van der Waals surface area contributed by atoms with Crippen LogP contribution in [0.4, 0.5) is 0 Å². The van der Waals surface area contributed by atoms with Crippen molar-refractivity contribution in [1.82, 2.24) is 0 Å². The maximum atomic E-state index is 8.39. The first-order valence-electron chi connectivity index (χ1n) is 3.77. The van der Waals surface area contributed by atoms with Gasteiger partial charge in [-0.1, -0.05) is 17.9 Å². The maximum absolute atomic E-state index is 8.39. The first-order valence-corrected chi connectivity index (χ1v) is 3.77. The Kier molecular flexibility index (Phi) is 8.57. The number of unbranched alkanes of at least 4 members (excludes halogenated alkanes) is 1. The van der Waals surface area contributed by atoms with Gasteiger partial charge in [0.15, 0.2) is 0 Å². The average Bonchev–Trinajstić information content (AvgIpc) is 2.03. The molecule has 62 valence electrons. The van der Waals surface area contributed by atoms with E-state index < -0.39 is 0 Å². The van der Waals surface area contributed by atoms with Crippen molar-refractivity contribution in [2.75, 3.05) is 13.2 Å². The Morgan fingerprint density at radius 3 is 2.64 bits per heavy atom. The quantitative estimate of drug-likeness (QED) is 0.462. The standard InChI is InChI=1S/C9H14O2/c10-8-6-4-2-1-3-5-7-9-11/h2,4,10-11H,5-9H2/b4-2-. The highest BCUT2D eigenvalue weighted by molar-refractivity contribution is 5.14. The molecule has 0 rings (SSSR count). The minimum Gasteiger partial charge on any atom is -0.396 e. The summed E-state index contributed by atoms with van der Waals surface area (Å²) in [5.41, 5.74) is 0. The summed E-state index contributed by atoms with van der Waals surface area (Å²) in [5, 5.41) is 16.8. The summed E-state index contributed by atoms with van der Waals surface area (Å²) in [6, 6.07) is 0. The second kappa shape index (κ2) is 9.22. The van der Waals surface area contributed by atoms with Gasteiger partial charge < -0.3 is 10.2 Å². The molecule has 0 amide bonds. The van der Waals surface area contributed by atoms with Gasteiger partial charge in [-0.05, 0) is 18.9 Å². The zero-order chi connectivity index (χ0) is 8.36. The van der Waals surface area contributed by atoms with Crippen molar-refractivity contribution in [3.05, 3.63) is 12.2 Å². The molecular formula is C9H14O2. The third kappa shape index (κ3) is 9.22. The van der Waals surface area contributed by atoms with Crippen LogP contribution in [0, 0.1) is 11.8 Å². The maximum Gasteiger partial charge on any atom is 0.0465 e. The summed E-state index contributed by atoms with van der Waals surface area (Å²) in [4.78, 5) is 0. The van der Waals surface area contributed by atoms with E-state index in [1.807, 2.05) is 6.08 Å². The number of aliphatic hydroxyl groups excluding tert-OH is 2. The Morgan fingerprint density at radius 2 is 2.00 bits per heavy atom. The number of hydrogen-bond donors (Lipinski definition) is 2. The SMILES string of the molecule is OCC/C=C\C#CCCCO. The third-order valence-corrected chi connectivity index (χ3v) is 1.06. The topological polar surface area (TPSA) is 40.5 Å². The Bertz CT molecular complexity index is 151. The number of allylic oxidation sites excluding steroid dienone is 1. The van der Waals surface area contributed by atoms with Crippen molar-refractivity contribution in [2.24, 2.45) is 0 Å². The molecule has 0 aliphatic rings. The van der Waals surface area contributed by atoms with Crippen molar-refractivity contribution in [2.45, 2.75) is 19.3 Å². The molecule has 0 bridgehead atoms. The summed E-state index contributed by atoms with van der Waals surface area (Å²) >= 11 is 0. The highest BCUT2D eigenvalue weighted by Crippen LogP contribution is 1.83. The molecule has 0 aromatic heterocycles. The van der Waals surface area contributed by atoms with Gasteiger partial charge in [0.25, 0.3) is 0 Å². The molecule has 0 aliphatic carbocycles. The molecule has 0 aromatic rings. The van der Waals surface area contributed by atoms with Gasteiger partial charge in [-0.15, -0.1) is 0 Å². The Labute approximate surface area is 67.6 Å². The predicted octanol–water partition coefficient (Wildman–Crippen LogP) is 0.701. The molecular weight excluding hydrogens is 140 g/mol. The zero-order valence-corrected chi connectivity index (χ0v) is 6.58. The van der Waals surface area contributed by atoms with Crippen LogP contribution >= 0.6 is 0 Å². The Hall–Kier alpha value is -0.780. The molecule has 0 unspecified atom stereocenters. The lowest BCUT2D eigenvalue weighted by atomic mass is 10.3. The van der Waals surface area contributed by atoms with E-state index in [0.29, 0.717) is 6.42 Å². The zero-order valence-electron chi connectivity index (χ0n) is 6.58. The van der Waals surface area contributed by atoms with Gasteiger partial charge in [0.2, 0.25) is 0 Å². The van der Waals surface area contributed by atoms with Gasteiger partial charge in [-0.3, -0.25) is 0 Å². The van der Waals surface area contributed by atoms with Crippen molar-refractivity contribution in [3.63, 3.8) is 0 Å². The molecule has 0 saturated heterocycles. The molecule has 2 heteroatoms. The summed E-state index contributed by atoms with van der Waals surface area (Å²) in [6.45, 7) is 0.379. The summed E-state index contributed by atoms with van der Waals surface area (Å²) in [7, 11) is 0. The molecule has 11 heavy (non-hydrogen) atoms. The van der Waals surface area contributed by atoms with Crippen LogP contribution in [-0.2, 0) is 0 Å². The third-order valence-electron chi connectivity index (χ3n) is 1.06. The van der Waals surface area contributed by atoms with Gasteiger partial charge >= 0.3 is 0 Å². The van der Waals surface area contributed by atoms with E-state index >= 15 is 0 Å². The lowest BCUT2D eigenvalue weighted by Crippen LogP contribution is -1.78. The van der Waals surface area contributed by atoms with Gasteiger partial charge in [0.1, 0.15) is 0 Å². The van der Waals surface area contributed by atoms with E-state index in [9.17, 15) is 0 Å². The van der Waals surface area contributed by atoms with E-state index in [4.69, 9.17) is 10.2 Å². The fraction of sp³-hybridized carbons (Fsp3) is 0.556. The molecule has 0 fully saturated rings. The average molecular weight is 154 g/mol. The Balaban J connectivity index is 3.24. The summed E-state index contributed by atoms with van der Waals surface area (Å²) < 4.78 is 0. The van der Waals surface area contributed by atoms with Crippen molar-refractivity contribution in [1.29, 1.82) is 0 Å². The van der Waals surface area contributed by atoms with Crippen LogP contribution in [0.5, 0.6) is 0 Å². The predicted molar refractivity (Wildman–Crippen MR) is 44.9 cm³/mol. The van der Waals surface area contributed by atoms with Crippen LogP contribution in [-0.4, -0.2) is 23.4 Å². The van der Waals surface area contributed by atoms with Gasteiger partial charge in [-0.25, -0.2) is 0 Å². The molecule has 0 atom stereocenters. The highest BCUT2D eigenvalue weighted by atomic mass is 16.3. The lowest BCUT2D eigenvalue weighted by molar-refractivity contribution is 0.290. The van der Waals surface area contributed by atoms with Gasteiger partial charge in [-0.2, -0.15) is 0 Å². The van der Waals surface area contributed by atoms with Crippen molar-refractivity contribution in [3.8, 4) is 11.8 Å². The minimum absolute atomic E-state index is 0.175. The normalized spacial score (nSPS) is 9.64. The molecule has 2 N–H and O–H groups in total. The number of hydrogen-bond acceptors (Lipinski definition) is 2. The van der Waals surface area contributed by atoms with E-state index in [2.05, 4.69) is 11.8 Å². The minimum atomic E-state index is 0.175. The molecule has 0 spiro atoms. The van der Waals surface area contributed by atoms with Crippen LogP contribution in [0.2, 0.25) is 0 Å². The Morgan fingerprint density at radius 1 is 1.18 bits per heavy atom. The van der Waals surface area contributed by atoms with Gasteiger partial charge in [0.05, 0.1) is 0 Å². The number of rotatable bonds is 4. The lowest BCUT2D eigenvalue weighted by Gasteiger charge is -1.82. The van der Waals surface area contributed by atoms with Crippen LogP contribution < -0.4 is 0 Å². The summed E-state index contributed by atoms with van der Waals surface area (Å²) in [6.07, 6.45) is 5.69. The molecule has 0 heterocycles. The second-order valence-electron chi connectivity index (χ2n) is 2.06. The highest BCUT2D eigenvalue weighted by Gasteiger charge is 1.75. The van der Waals surface area contributed by atoms with Crippen molar-refractivity contribution >= 4 is 0 Å². The molecule has 0 aromatic carbocycles. The number of aliphatic hydroxyl groups is 2. The van der Waals surface area contributed by atoms with Crippen LogP contribution in [0.1, 0.15) is 19.3 Å². The van der Waals surface area contributed by atoms with E-state index in [1.54, 1.807) is 6.08 Å². The molecule has 0 radical (unpaired) electrons. The van der Waals surface area contributed by atoms with E-state index in [1.165, 1.54) is 0 Å². The fourth-order valence-corrected chi connectivity index (χ4v) is 0.515. The van der Waals surface area contributed by atoms with Crippen molar-refractivity contribution < 1.29 is 10.2 Å². The van der Waals surface area contributed by atoms with Crippen LogP contribution in [0.25, 0.3) is 0 Å². The monoisotopic (exact) mass is 154 g/mol. The molecule has 2 nitrogen and oxygen atoms in total. The smallest absolute Gasteiger partial charge is 0.0465 e. The first-order chi connectivity index (χ1) is 5.41. The largest absolute Gasteiger partial charge is 0.396 e.